The molecule has 0 saturated heterocycles. The second kappa shape index (κ2) is 5.34. The Labute approximate surface area is 123 Å². The summed E-state index contributed by atoms with van der Waals surface area (Å²) in [5.74, 6) is 0. The molecular formula is C14H15ClN2O2S. The van der Waals surface area contributed by atoms with Gasteiger partial charge >= 0.3 is 0 Å². The molecule has 3 N–H and O–H groups in total. The lowest BCUT2D eigenvalue weighted by Crippen LogP contribution is -2.15. The Morgan fingerprint density at radius 2 is 1.85 bits per heavy atom. The number of rotatable bonds is 3. The Morgan fingerprint density at radius 3 is 2.50 bits per heavy atom. The van der Waals surface area contributed by atoms with E-state index in [1.165, 1.54) is 18.2 Å². The summed E-state index contributed by atoms with van der Waals surface area (Å²) in [6, 6.07) is 9.74. The van der Waals surface area contributed by atoms with Crippen molar-refractivity contribution in [2.75, 3.05) is 10.5 Å². The number of nitrogens with one attached hydrogen (secondary N) is 1. The molecule has 6 heteroatoms. The fourth-order valence-electron chi connectivity index (χ4n) is 1.83. The maximum Gasteiger partial charge on any atom is 0.263 e. The van der Waals surface area contributed by atoms with Gasteiger partial charge in [-0.05, 0) is 49.2 Å². The molecule has 2 aromatic carbocycles. The molecule has 2 rings (SSSR count). The highest BCUT2D eigenvalue weighted by Crippen LogP contribution is 2.26. The van der Waals surface area contributed by atoms with E-state index in [-0.39, 0.29) is 10.6 Å². The highest BCUT2D eigenvalue weighted by molar-refractivity contribution is 7.92. The molecule has 20 heavy (non-hydrogen) atoms. The largest absolute Gasteiger partial charge is 0.398 e. The molecule has 0 atom stereocenters. The summed E-state index contributed by atoms with van der Waals surface area (Å²) in [6.07, 6.45) is 0. The van der Waals surface area contributed by atoms with Gasteiger partial charge in [-0.2, -0.15) is 0 Å². The van der Waals surface area contributed by atoms with Gasteiger partial charge in [0.25, 0.3) is 10.0 Å². The zero-order valence-electron chi connectivity index (χ0n) is 11.1. The lowest BCUT2D eigenvalue weighted by atomic mass is 10.1. The Kier molecular flexibility index (Phi) is 3.92. The van der Waals surface area contributed by atoms with E-state index in [0.717, 1.165) is 11.1 Å². The molecule has 4 nitrogen and oxygen atoms in total. The first-order valence-electron chi connectivity index (χ1n) is 5.95. The third-order valence-corrected chi connectivity index (χ3v) is 4.78. The fourth-order valence-corrected chi connectivity index (χ4v) is 3.24. The summed E-state index contributed by atoms with van der Waals surface area (Å²) in [4.78, 5) is 0.0165. The van der Waals surface area contributed by atoms with E-state index in [9.17, 15) is 8.42 Å². The van der Waals surface area contributed by atoms with E-state index in [1.54, 1.807) is 12.1 Å². The van der Waals surface area contributed by atoms with E-state index in [2.05, 4.69) is 4.72 Å². The van der Waals surface area contributed by atoms with E-state index < -0.39 is 10.0 Å². The van der Waals surface area contributed by atoms with Crippen LogP contribution in [0, 0.1) is 13.8 Å². The predicted molar refractivity (Wildman–Crippen MR) is 82.6 cm³/mol. The second-order valence-electron chi connectivity index (χ2n) is 4.54. The average Bonchev–Trinajstić information content (AvgIpc) is 2.34. The van der Waals surface area contributed by atoms with E-state index in [0.29, 0.717) is 10.7 Å². The van der Waals surface area contributed by atoms with Gasteiger partial charge in [-0.15, -0.1) is 0 Å². The number of nitrogen functional groups attached to an aromatic ring is 1. The highest BCUT2D eigenvalue weighted by Gasteiger charge is 2.18. The van der Waals surface area contributed by atoms with Crippen LogP contribution in [0.1, 0.15) is 11.1 Å². The van der Waals surface area contributed by atoms with Crippen LogP contribution in [0.2, 0.25) is 5.02 Å². The van der Waals surface area contributed by atoms with Crippen molar-refractivity contribution in [2.45, 2.75) is 18.7 Å². The van der Waals surface area contributed by atoms with Gasteiger partial charge in [-0.1, -0.05) is 23.7 Å². The quantitative estimate of drug-likeness (QED) is 0.854. The molecule has 0 unspecified atom stereocenters. The number of aryl methyl sites for hydroxylation is 1. The SMILES string of the molecule is Cc1cccc(NS(=O)(=O)c2ccc(Cl)cc2N)c1C. The van der Waals surface area contributed by atoms with Crippen molar-refractivity contribution in [3.05, 3.63) is 52.5 Å². The molecular weight excluding hydrogens is 296 g/mol. The summed E-state index contributed by atoms with van der Waals surface area (Å²) in [5, 5.41) is 0.396. The second-order valence-corrected chi connectivity index (χ2v) is 6.62. The molecule has 0 aliphatic carbocycles. The molecule has 106 valence electrons. The van der Waals surface area contributed by atoms with Crippen molar-refractivity contribution < 1.29 is 8.42 Å². The van der Waals surface area contributed by atoms with Crippen molar-refractivity contribution in [3.8, 4) is 0 Å². The van der Waals surface area contributed by atoms with Crippen molar-refractivity contribution >= 4 is 33.0 Å². The number of hydrogen-bond acceptors (Lipinski definition) is 3. The number of sulfonamides is 1. The van der Waals surface area contributed by atoms with Crippen LogP contribution in [0.3, 0.4) is 0 Å². The van der Waals surface area contributed by atoms with Crippen molar-refractivity contribution in [2.24, 2.45) is 0 Å². The van der Waals surface area contributed by atoms with E-state index in [1.807, 2.05) is 19.9 Å². The summed E-state index contributed by atoms with van der Waals surface area (Å²) in [7, 11) is -3.73. The minimum absolute atomic E-state index is 0.0165. The maximum absolute atomic E-state index is 12.4. The third-order valence-electron chi connectivity index (χ3n) is 3.11. The van der Waals surface area contributed by atoms with Crippen molar-refractivity contribution in [1.82, 2.24) is 0 Å². The van der Waals surface area contributed by atoms with Gasteiger partial charge < -0.3 is 5.73 Å². The van der Waals surface area contributed by atoms with Crippen molar-refractivity contribution in [3.63, 3.8) is 0 Å². The Balaban J connectivity index is 2.44. The summed E-state index contributed by atoms with van der Waals surface area (Å²) < 4.78 is 27.3. The fraction of sp³-hybridized carbons (Fsp3) is 0.143. The zero-order valence-corrected chi connectivity index (χ0v) is 12.7. The first-order valence-corrected chi connectivity index (χ1v) is 7.81. The van der Waals surface area contributed by atoms with Crippen LogP contribution >= 0.6 is 11.6 Å². The van der Waals surface area contributed by atoms with Gasteiger partial charge in [0.1, 0.15) is 4.90 Å². The number of anilines is 2. The van der Waals surface area contributed by atoms with Gasteiger partial charge in [0.2, 0.25) is 0 Å². The van der Waals surface area contributed by atoms with E-state index in [4.69, 9.17) is 17.3 Å². The smallest absolute Gasteiger partial charge is 0.263 e. The molecule has 0 bridgehead atoms. The Bertz CT molecular complexity index is 758. The number of benzene rings is 2. The van der Waals surface area contributed by atoms with Crippen LogP contribution in [0.15, 0.2) is 41.3 Å². The molecule has 2 aromatic rings. The molecule has 0 saturated carbocycles. The predicted octanol–water partition coefficient (Wildman–Crippen LogP) is 3.34. The van der Waals surface area contributed by atoms with Crippen LogP contribution in [0.4, 0.5) is 11.4 Å². The van der Waals surface area contributed by atoms with Gasteiger partial charge in [0.15, 0.2) is 0 Å². The summed E-state index contributed by atoms with van der Waals surface area (Å²) in [6.45, 7) is 3.78. The van der Waals surface area contributed by atoms with Gasteiger partial charge in [0.05, 0.1) is 11.4 Å². The van der Waals surface area contributed by atoms with Gasteiger partial charge in [-0.25, -0.2) is 8.42 Å². The van der Waals surface area contributed by atoms with Crippen molar-refractivity contribution in [1.29, 1.82) is 0 Å². The highest BCUT2D eigenvalue weighted by atomic mass is 35.5. The molecule has 0 amide bonds. The van der Waals surface area contributed by atoms with E-state index >= 15 is 0 Å². The average molecular weight is 311 g/mol. The molecule has 0 aromatic heterocycles. The number of nitrogens with two attached hydrogens (primary N) is 1. The Morgan fingerprint density at radius 1 is 1.15 bits per heavy atom. The maximum atomic E-state index is 12.4. The number of hydrogen-bond donors (Lipinski definition) is 2. The Hall–Kier alpha value is -1.72. The van der Waals surface area contributed by atoms with Gasteiger partial charge in [-0.3, -0.25) is 4.72 Å². The first-order chi connectivity index (χ1) is 9.31. The van der Waals surface area contributed by atoms with Crippen LogP contribution in [0.5, 0.6) is 0 Å². The zero-order chi connectivity index (χ0) is 14.9. The van der Waals surface area contributed by atoms with Crippen LogP contribution < -0.4 is 10.5 Å². The molecule has 0 spiro atoms. The number of halogens is 1. The minimum Gasteiger partial charge on any atom is -0.398 e. The third kappa shape index (κ3) is 2.89. The topological polar surface area (TPSA) is 72.2 Å². The molecule has 0 aliphatic heterocycles. The van der Waals surface area contributed by atoms with Crippen LogP contribution in [-0.2, 0) is 10.0 Å². The monoisotopic (exact) mass is 310 g/mol. The summed E-state index contributed by atoms with van der Waals surface area (Å²) in [5.41, 5.74) is 8.27. The van der Waals surface area contributed by atoms with Gasteiger partial charge in [0, 0.05) is 5.02 Å². The minimum atomic E-state index is -3.73. The first kappa shape index (κ1) is 14.7. The molecule has 0 aliphatic rings. The van der Waals surface area contributed by atoms with Crippen LogP contribution in [0.25, 0.3) is 0 Å². The molecule has 0 radical (unpaired) electrons. The normalized spacial score (nSPS) is 11.3. The lowest BCUT2D eigenvalue weighted by molar-refractivity contribution is 0.601. The molecule has 0 fully saturated rings. The lowest BCUT2D eigenvalue weighted by Gasteiger charge is -2.13. The van der Waals surface area contributed by atoms with Crippen LogP contribution in [-0.4, -0.2) is 8.42 Å². The summed E-state index contributed by atoms with van der Waals surface area (Å²) >= 11 is 5.78. The standard InChI is InChI=1S/C14H15ClN2O2S/c1-9-4-3-5-13(10(9)2)17-20(18,19)14-7-6-11(15)8-12(14)16/h3-8,17H,16H2,1-2H3. The molecule has 0 heterocycles.